The summed E-state index contributed by atoms with van der Waals surface area (Å²) in [7, 11) is 0. The Kier molecular flexibility index (Phi) is 5.08. The quantitative estimate of drug-likeness (QED) is 0.915. The minimum Gasteiger partial charge on any atom is -0.351 e. The van der Waals surface area contributed by atoms with Gasteiger partial charge in [-0.2, -0.15) is 18.3 Å². The van der Waals surface area contributed by atoms with E-state index in [0.29, 0.717) is 0 Å². The van der Waals surface area contributed by atoms with Crippen LogP contribution in [0.25, 0.3) is 0 Å². The predicted octanol–water partition coefficient (Wildman–Crippen LogP) is 3.46. The third-order valence-electron chi connectivity index (χ3n) is 3.59. The van der Waals surface area contributed by atoms with Gasteiger partial charge in [0.1, 0.15) is 0 Å². The molecule has 124 valence electrons. The number of nitrogens with one attached hydrogen (secondary N) is 1. The molecule has 1 N–H and O–H groups in total. The van der Waals surface area contributed by atoms with Crippen molar-refractivity contribution in [3.05, 3.63) is 53.3 Å². The minimum atomic E-state index is -4.62. The monoisotopic (exact) mass is 325 g/mol. The van der Waals surface area contributed by atoms with Gasteiger partial charge in [-0.05, 0) is 18.4 Å². The van der Waals surface area contributed by atoms with E-state index in [1.54, 1.807) is 6.92 Å². The molecule has 2 aromatic rings. The number of nitrogens with zero attached hydrogens (tertiary/aromatic N) is 2. The average Bonchev–Trinajstić information content (AvgIpc) is 2.97. The third-order valence-corrected chi connectivity index (χ3v) is 3.59. The van der Waals surface area contributed by atoms with Crippen molar-refractivity contribution in [3.63, 3.8) is 0 Å². The van der Waals surface area contributed by atoms with Crippen molar-refractivity contribution in [1.82, 2.24) is 15.1 Å². The number of carbonyl (C=O) groups excluding carboxylic acids is 1. The number of amides is 1. The third kappa shape index (κ3) is 3.91. The van der Waals surface area contributed by atoms with E-state index >= 15 is 0 Å². The molecule has 1 aromatic carbocycles. The van der Waals surface area contributed by atoms with Crippen molar-refractivity contribution in [2.24, 2.45) is 0 Å². The first-order valence-corrected chi connectivity index (χ1v) is 7.30. The maximum atomic E-state index is 13.1. The fourth-order valence-electron chi connectivity index (χ4n) is 2.33. The SMILES string of the molecule is CCn1ncc(C(=O)NCC(C)c2ccccc2)c1C(F)(F)F. The molecule has 1 aromatic heterocycles. The highest BCUT2D eigenvalue weighted by Crippen LogP contribution is 2.32. The second-order valence-corrected chi connectivity index (χ2v) is 5.24. The number of rotatable bonds is 5. The van der Waals surface area contributed by atoms with E-state index in [1.807, 2.05) is 37.3 Å². The second kappa shape index (κ2) is 6.85. The summed E-state index contributed by atoms with van der Waals surface area (Å²) >= 11 is 0. The number of hydrogen-bond acceptors (Lipinski definition) is 2. The van der Waals surface area contributed by atoms with Gasteiger partial charge in [-0.1, -0.05) is 37.3 Å². The molecular formula is C16H18F3N3O. The molecule has 1 atom stereocenters. The number of aromatic nitrogens is 2. The normalized spacial score (nSPS) is 12.9. The van der Waals surface area contributed by atoms with Crippen LogP contribution in [0.5, 0.6) is 0 Å². The molecule has 1 heterocycles. The lowest BCUT2D eigenvalue weighted by Gasteiger charge is -2.14. The van der Waals surface area contributed by atoms with Crippen LogP contribution in [0.1, 0.15) is 41.4 Å². The molecule has 4 nitrogen and oxygen atoms in total. The minimum absolute atomic E-state index is 0.00398. The average molecular weight is 325 g/mol. The Labute approximate surface area is 132 Å². The van der Waals surface area contributed by atoms with Crippen LogP contribution in [0.4, 0.5) is 13.2 Å². The summed E-state index contributed by atoms with van der Waals surface area (Å²) in [5.74, 6) is -0.768. The molecule has 0 saturated heterocycles. The molecule has 0 saturated carbocycles. The summed E-state index contributed by atoms with van der Waals surface area (Å²) in [5, 5.41) is 6.20. The van der Waals surface area contributed by atoms with Crippen molar-refractivity contribution in [2.75, 3.05) is 6.54 Å². The smallest absolute Gasteiger partial charge is 0.351 e. The highest BCUT2D eigenvalue weighted by atomic mass is 19.4. The zero-order chi connectivity index (χ0) is 17.0. The molecule has 1 unspecified atom stereocenters. The van der Waals surface area contributed by atoms with E-state index in [2.05, 4.69) is 10.4 Å². The van der Waals surface area contributed by atoms with Crippen molar-refractivity contribution in [1.29, 1.82) is 0 Å². The molecule has 0 aliphatic rings. The fraction of sp³-hybridized carbons (Fsp3) is 0.375. The number of hydrogen-bond donors (Lipinski definition) is 1. The van der Waals surface area contributed by atoms with Gasteiger partial charge < -0.3 is 5.32 Å². The van der Waals surface area contributed by atoms with Gasteiger partial charge >= 0.3 is 6.18 Å². The van der Waals surface area contributed by atoms with Gasteiger partial charge in [-0.25, -0.2) is 0 Å². The van der Waals surface area contributed by atoms with Crippen LogP contribution < -0.4 is 5.32 Å². The van der Waals surface area contributed by atoms with Crippen molar-refractivity contribution >= 4 is 5.91 Å². The number of benzene rings is 1. The van der Waals surface area contributed by atoms with Crippen molar-refractivity contribution in [3.8, 4) is 0 Å². The predicted molar refractivity (Wildman–Crippen MR) is 80.1 cm³/mol. The van der Waals surface area contributed by atoms with Crippen LogP contribution in [-0.2, 0) is 12.7 Å². The van der Waals surface area contributed by atoms with Crippen LogP contribution in [0.15, 0.2) is 36.5 Å². The number of carbonyl (C=O) groups is 1. The molecule has 23 heavy (non-hydrogen) atoms. The van der Waals surface area contributed by atoms with Gasteiger partial charge in [-0.3, -0.25) is 9.48 Å². The van der Waals surface area contributed by atoms with E-state index in [1.165, 1.54) is 0 Å². The van der Waals surface area contributed by atoms with E-state index in [-0.39, 0.29) is 19.0 Å². The lowest BCUT2D eigenvalue weighted by atomic mass is 10.0. The van der Waals surface area contributed by atoms with Gasteiger partial charge in [-0.15, -0.1) is 0 Å². The topological polar surface area (TPSA) is 46.9 Å². The highest BCUT2D eigenvalue weighted by molar-refractivity contribution is 5.95. The molecule has 0 radical (unpaired) electrons. The second-order valence-electron chi connectivity index (χ2n) is 5.24. The lowest BCUT2D eigenvalue weighted by molar-refractivity contribution is -0.144. The van der Waals surface area contributed by atoms with Crippen LogP contribution in [0.3, 0.4) is 0 Å². The van der Waals surface area contributed by atoms with Gasteiger partial charge in [0.2, 0.25) is 0 Å². The summed E-state index contributed by atoms with van der Waals surface area (Å²) < 4.78 is 40.1. The zero-order valence-corrected chi connectivity index (χ0v) is 12.9. The molecule has 0 bridgehead atoms. The van der Waals surface area contributed by atoms with Crippen LogP contribution in [-0.4, -0.2) is 22.2 Å². The van der Waals surface area contributed by atoms with E-state index in [9.17, 15) is 18.0 Å². The van der Waals surface area contributed by atoms with Gasteiger partial charge in [0.15, 0.2) is 5.69 Å². The molecule has 1 amide bonds. The Hall–Kier alpha value is -2.31. The Morgan fingerprint density at radius 3 is 2.52 bits per heavy atom. The summed E-state index contributed by atoms with van der Waals surface area (Å²) in [6, 6.07) is 9.45. The standard InChI is InChI=1S/C16H18F3N3O/c1-3-22-14(16(17,18)19)13(10-21-22)15(23)20-9-11(2)12-7-5-4-6-8-12/h4-8,10-11H,3,9H2,1-2H3,(H,20,23). The first-order valence-electron chi connectivity index (χ1n) is 7.30. The van der Waals surface area contributed by atoms with Gasteiger partial charge in [0.25, 0.3) is 5.91 Å². The Bertz CT molecular complexity index is 665. The summed E-state index contributed by atoms with van der Waals surface area (Å²) in [6.07, 6.45) is -3.65. The van der Waals surface area contributed by atoms with Gasteiger partial charge in [0.05, 0.1) is 11.8 Å². The first-order chi connectivity index (χ1) is 10.8. The Balaban J connectivity index is 2.11. The molecule has 0 aliphatic carbocycles. The molecule has 7 heteroatoms. The highest BCUT2D eigenvalue weighted by Gasteiger charge is 2.39. The largest absolute Gasteiger partial charge is 0.433 e. The van der Waals surface area contributed by atoms with E-state index in [0.717, 1.165) is 16.4 Å². The molecule has 0 fully saturated rings. The lowest BCUT2D eigenvalue weighted by Crippen LogP contribution is -2.29. The van der Waals surface area contributed by atoms with Crippen LogP contribution in [0, 0.1) is 0 Å². The Morgan fingerprint density at radius 1 is 1.30 bits per heavy atom. The van der Waals surface area contributed by atoms with E-state index < -0.39 is 23.3 Å². The number of halogens is 3. The number of aryl methyl sites for hydroxylation is 1. The van der Waals surface area contributed by atoms with Crippen LogP contribution in [0.2, 0.25) is 0 Å². The Morgan fingerprint density at radius 2 is 1.96 bits per heavy atom. The first kappa shape index (κ1) is 17.1. The summed E-state index contributed by atoms with van der Waals surface area (Å²) in [4.78, 5) is 12.1. The molecule has 2 rings (SSSR count). The maximum absolute atomic E-state index is 13.1. The van der Waals surface area contributed by atoms with Crippen molar-refractivity contribution < 1.29 is 18.0 Å². The fourth-order valence-corrected chi connectivity index (χ4v) is 2.33. The van der Waals surface area contributed by atoms with Gasteiger partial charge in [0, 0.05) is 13.1 Å². The summed E-state index contributed by atoms with van der Waals surface area (Å²) in [6.45, 7) is 3.73. The number of alkyl halides is 3. The summed E-state index contributed by atoms with van der Waals surface area (Å²) in [5.41, 5.74) is -0.447. The van der Waals surface area contributed by atoms with Crippen LogP contribution >= 0.6 is 0 Å². The molecular weight excluding hydrogens is 307 g/mol. The molecule has 0 aliphatic heterocycles. The molecule has 0 spiro atoms. The van der Waals surface area contributed by atoms with E-state index in [4.69, 9.17) is 0 Å². The van der Waals surface area contributed by atoms with Crippen molar-refractivity contribution in [2.45, 2.75) is 32.5 Å². The maximum Gasteiger partial charge on any atom is 0.433 e. The zero-order valence-electron chi connectivity index (χ0n) is 12.9.